The molecule has 0 aliphatic rings. The molecule has 0 fully saturated rings. The van der Waals surface area contributed by atoms with Gasteiger partial charge in [0.25, 0.3) is 10.0 Å². The predicted molar refractivity (Wildman–Crippen MR) is 80.7 cm³/mol. The Balaban J connectivity index is 2.35. The summed E-state index contributed by atoms with van der Waals surface area (Å²) in [7, 11) is -3.97. The molecule has 2 rings (SSSR count). The van der Waals surface area contributed by atoms with Crippen molar-refractivity contribution in [3.8, 4) is 0 Å². The fourth-order valence-electron chi connectivity index (χ4n) is 1.63. The quantitative estimate of drug-likeness (QED) is 0.888. The number of sulfonamides is 1. The Kier molecular flexibility index (Phi) is 4.41. The summed E-state index contributed by atoms with van der Waals surface area (Å²) in [5.74, 6) is -1.10. The van der Waals surface area contributed by atoms with Gasteiger partial charge in [-0.15, -0.1) is 0 Å². The number of carboxylic acid groups (broad SMARTS) is 1. The summed E-state index contributed by atoms with van der Waals surface area (Å²) >= 11 is 11.7. The number of rotatable bonds is 4. The van der Waals surface area contributed by atoms with Gasteiger partial charge in [-0.1, -0.05) is 29.3 Å². The van der Waals surface area contributed by atoms with Gasteiger partial charge >= 0.3 is 5.97 Å². The van der Waals surface area contributed by atoms with Crippen LogP contribution in [0.4, 0.5) is 5.69 Å². The van der Waals surface area contributed by atoms with Crippen LogP contribution in [0.5, 0.6) is 0 Å². The normalized spacial score (nSPS) is 11.1. The summed E-state index contributed by atoms with van der Waals surface area (Å²) in [6.45, 7) is 0. The number of hydrogen-bond donors (Lipinski definition) is 2. The van der Waals surface area contributed by atoms with E-state index in [9.17, 15) is 13.2 Å². The van der Waals surface area contributed by atoms with Crippen molar-refractivity contribution in [1.29, 1.82) is 0 Å². The molecule has 0 spiro atoms. The zero-order valence-corrected chi connectivity index (χ0v) is 12.7. The van der Waals surface area contributed by atoms with Crippen molar-refractivity contribution >= 4 is 44.9 Å². The fraction of sp³-hybridized carbons (Fsp3) is 0. The molecule has 0 saturated carbocycles. The van der Waals surface area contributed by atoms with Crippen LogP contribution < -0.4 is 4.72 Å². The van der Waals surface area contributed by atoms with Crippen molar-refractivity contribution in [2.24, 2.45) is 0 Å². The molecule has 0 aliphatic carbocycles. The first-order chi connectivity index (χ1) is 9.81. The Labute approximate surface area is 131 Å². The second-order valence-corrected chi connectivity index (χ2v) is 6.47. The summed E-state index contributed by atoms with van der Waals surface area (Å²) in [5.41, 5.74) is 0.254. The molecular weight excluding hydrogens is 337 g/mol. The van der Waals surface area contributed by atoms with E-state index in [1.807, 2.05) is 0 Å². The molecule has 0 aromatic heterocycles. The number of carbonyl (C=O) groups is 1. The molecule has 2 N–H and O–H groups in total. The van der Waals surface area contributed by atoms with Gasteiger partial charge in [-0.3, -0.25) is 4.72 Å². The predicted octanol–water partition coefficient (Wildman–Crippen LogP) is 3.49. The van der Waals surface area contributed by atoms with E-state index in [1.165, 1.54) is 42.5 Å². The van der Waals surface area contributed by atoms with Crippen molar-refractivity contribution < 1.29 is 18.3 Å². The number of halogens is 2. The highest BCUT2D eigenvalue weighted by molar-refractivity contribution is 7.93. The summed E-state index contributed by atoms with van der Waals surface area (Å²) in [6.07, 6.45) is 0. The number of benzene rings is 2. The molecule has 21 heavy (non-hydrogen) atoms. The van der Waals surface area contributed by atoms with Crippen LogP contribution in [0.2, 0.25) is 10.0 Å². The minimum atomic E-state index is -3.97. The van der Waals surface area contributed by atoms with E-state index in [4.69, 9.17) is 28.3 Å². The maximum atomic E-state index is 12.3. The molecule has 2 aromatic rings. The van der Waals surface area contributed by atoms with E-state index in [-0.39, 0.29) is 26.2 Å². The molecule has 110 valence electrons. The molecule has 0 unspecified atom stereocenters. The molecule has 8 heteroatoms. The van der Waals surface area contributed by atoms with Gasteiger partial charge in [-0.2, -0.15) is 0 Å². The number of hydrogen-bond acceptors (Lipinski definition) is 3. The Morgan fingerprint density at radius 3 is 2.00 bits per heavy atom. The van der Waals surface area contributed by atoms with Crippen molar-refractivity contribution in [2.75, 3.05) is 4.72 Å². The van der Waals surface area contributed by atoms with Gasteiger partial charge in [0, 0.05) is 5.69 Å². The zero-order valence-electron chi connectivity index (χ0n) is 10.4. The summed E-state index contributed by atoms with van der Waals surface area (Å²) in [6, 6.07) is 9.61. The molecule has 0 amide bonds. The minimum absolute atomic E-state index is 0.00263. The third-order valence-corrected chi connectivity index (χ3v) is 4.91. The third-order valence-electron chi connectivity index (χ3n) is 2.57. The van der Waals surface area contributed by atoms with Crippen molar-refractivity contribution in [2.45, 2.75) is 4.90 Å². The van der Waals surface area contributed by atoms with E-state index < -0.39 is 16.0 Å². The lowest BCUT2D eigenvalue weighted by Gasteiger charge is -2.11. The van der Waals surface area contributed by atoms with Gasteiger partial charge in [0.15, 0.2) is 0 Å². The maximum Gasteiger partial charge on any atom is 0.335 e. The van der Waals surface area contributed by atoms with Crippen LogP contribution in [0.3, 0.4) is 0 Å². The molecule has 5 nitrogen and oxygen atoms in total. The fourth-order valence-corrected chi connectivity index (χ4v) is 3.83. The highest BCUT2D eigenvalue weighted by Crippen LogP contribution is 2.30. The summed E-state index contributed by atoms with van der Waals surface area (Å²) < 4.78 is 26.8. The highest BCUT2D eigenvalue weighted by Gasteiger charge is 2.21. The van der Waals surface area contributed by atoms with E-state index in [0.29, 0.717) is 0 Å². The number of anilines is 1. The van der Waals surface area contributed by atoms with Gasteiger partial charge < -0.3 is 5.11 Å². The van der Waals surface area contributed by atoms with Gasteiger partial charge in [-0.25, -0.2) is 13.2 Å². The first-order valence-electron chi connectivity index (χ1n) is 5.61. The molecule has 2 aromatic carbocycles. The van der Waals surface area contributed by atoms with Crippen LogP contribution in [-0.4, -0.2) is 19.5 Å². The van der Waals surface area contributed by atoms with Gasteiger partial charge in [0.2, 0.25) is 0 Å². The second-order valence-electron chi connectivity index (χ2n) is 4.04. The van der Waals surface area contributed by atoms with E-state index >= 15 is 0 Å². The molecular formula is C13H9Cl2NO4S. The average Bonchev–Trinajstić information content (AvgIpc) is 2.38. The van der Waals surface area contributed by atoms with Crippen LogP contribution >= 0.6 is 23.2 Å². The lowest BCUT2D eigenvalue weighted by Crippen LogP contribution is -2.14. The van der Waals surface area contributed by atoms with Gasteiger partial charge in [-0.05, 0) is 36.4 Å². The molecule has 0 radical (unpaired) electrons. The van der Waals surface area contributed by atoms with Crippen molar-refractivity contribution in [3.63, 3.8) is 0 Å². The van der Waals surface area contributed by atoms with Crippen molar-refractivity contribution in [3.05, 3.63) is 58.1 Å². The standard InChI is InChI=1S/C13H9Cl2NO4S/c14-10-2-1-3-11(15)12(10)21(19,20)16-9-6-4-8(5-7-9)13(17)18/h1-7,16H,(H,17,18). The third kappa shape index (κ3) is 3.47. The zero-order chi connectivity index (χ0) is 15.6. The first kappa shape index (κ1) is 15.6. The highest BCUT2D eigenvalue weighted by atomic mass is 35.5. The molecule has 0 aliphatic heterocycles. The van der Waals surface area contributed by atoms with Crippen LogP contribution in [0.15, 0.2) is 47.4 Å². The largest absolute Gasteiger partial charge is 0.478 e. The van der Waals surface area contributed by atoms with Crippen LogP contribution in [-0.2, 0) is 10.0 Å². The van der Waals surface area contributed by atoms with E-state index in [1.54, 1.807) is 0 Å². The Morgan fingerprint density at radius 2 is 1.52 bits per heavy atom. The van der Waals surface area contributed by atoms with Crippen molar-refractivity contribution in [1.82, 2.24) is 0 Å². The second kappa shape index (κ2) is 5.93. The Morgan fingerprint density at radius 1 is 1.00 bits per heavy atom. The molecule has 0 saturated heterocycles. The average molecular weight is 346 g/mol. The Bertz CT molecular complexity index is 768. The molecule has 0 atom stereocenters. The number of aromatic carboxylic acids is 1. The van der Waals surface area contributed by atoms with E-state index in [2.05, 4.69) is 4.72 Å². The lowest BCUT2D eigenvalue weighted by molar-refractivity contribution is 0.0697. The monoisotopic (exact) mass is 345 g/mol. The SMILES string of the molecule is O=C(O)c1ccc(NS(=O)(=O)c2c(Cl)cccc2Cl)cc1. The maximum absolute atomic E-state index is 12.3. The molecule has 0 bridgehead atoms. The first-order valence-corrected chi connectivity index (χ1v) is 7.85. The van der Waals surface area contributed by atoms with Gasteiger partial charge in [0.05, 0.1) is 15.6 Å². The smallest absolute Gasteiger partial charge is 0.335 e. The topological polar surface area (TPSA) is 83.5 Å². The van der Waals surface area contributed by atoms with Crippen LogP contribution in [0, 0.1) is 0 Å². The summed E-state index contributed by atoms with van der Waals surface area (Å²) in [4.78, 5) is 10.5. The lowest BCUT2D eigenvalue weighted by atomic mass is 10.2. The van der Waals surface area contributed by atoms with Crippen LogP contribution in [0.1, 0.15) is 10.4 Å². The molecule has 0 heterocycles. The van der Waals surface area contributed by atoms with E-state index in [0.717, 1.165) is 0 Å². The van der Waals surface area contributed by atoms with Crippen LogP contribution in [0.25, 0.3) is 0 Å². The minimum Gasteiger partial charge on any atom is -0.478 e. The number of nitrogens with one attached hydrogen (secondary N) is 1. The number of carboxylic acids is 1. The Hall–Kier alpha value is -1.76. The van der Waals surface area contributed by atoms with Gasteiger partial charge in [0.1, 0.15) is 4.90 Å². The summed E-state index contributed by atoms with van der Waals surface area (Å²) in [5, 5.41) is 8.78.